The predicted molar refractivity (Wildman–Crippen MR) is 145 cm³/mol. The number of alkyl halides is 1. The molecule has 4 rings (SSSR count). The van der Waals surface area contributed by atoms with Crippen molar-refractivity contribution in [3.8, 4) is 0 Å². The number of carbonyl (C=O) groups is 2. The Balaban J connectivity index is 1.82. The number of amides is 2. The van der Waals surface area contributed by atoms with Crippen LogP contribution < -0.4 is 16.0 Å². The average Bonchev–Trinajstić information content (AvgIpc) is 3.26. The minimum absolute atomic E-state index is 0.00433. The number of rotatable bonds is 7. The van der Waals surface area contributed by atoms with Gasteiger partial charge < -0.3 is 21.1 Å². The Morgan fingerprint density at radius 2 is 2.03 bits per heavy atom. The number of hydrogen-bond acceptors (Lipinski definition) is 4. The number of carbonyl (C=O) groups excluding carboxylic acids is 2. The molecule has 1 saturated carbocycles. The highest BCUT2D eigenvalue weighted by Crippen LogP contribution is 2.54. The van der Waals surface area contributed by atoms with E-state index in [1.807, 2.05) is 0 Å². The molecule has 1 aromatic rings. The van der Waals surface area contributed by atoms with E-state index in [1.54, 1.807) is 25.1 Å². The summed E-state index contributed by atoms with van der Waals surface area (Å²) < 4.78 is 27.1. The molecule has 6 nitrogen and oxygen atoms in total. The average molecular weight is 548 g/mol. The summed E-state index contributed by atoms with van der Waals surface area (Å²) in [5.74, 6) is -1.86. The number of aliphatic hydroxyl groups is 1. The van der Waals surface area contributed by atoms with Crippen LogP contribution in [0.15, 0.2) is 53.6 Å². The molecule has 2 aliphatic heterocycles. The lowest BCUT2D eigenvalue weighted by atomic mass is 9.62. The summed E-state index contributed by atoms with van der Waals surface area (Å²) in [7, 11) is 0. The molecular formula is C29H36ClF2N3O3. The molecule has 2 heterocycles. The third-order valence-corrected chi connectivity index (χ3v) is 7.96. The molecule has 206 valence electrons. The van der Waals surface area contributed by atoms with Crippen LogP contribution >= 0.6 is 11.6 Å². The van der Waals surface area contributed by atoms with Gasteiger partial charge in [0.2, 0.25) is 11.8 Å². The molecule has 0 radical (unpaired) electrons. The van der Waals surface area contributed by atoms with Crippen molar-refractivity contribution in [2.45, 2.75) is 76.1 Å². The Bertz CT molecular complexity index is 1200. The van der Waals surface area contributed by atoms with Crippen LogP contribution in [0, 0.1) is 17.2 Å². The maximum atomic E-state index is 14.2. The van der Waals surface area contributed by atoms with Gasteiger partial charge in [-0.2, -0.15) is 0 Å². The van der Waals surface area contributed by atoms with Gasteiger partial charge >= 0.3 is 0 Å². The van der Waals surface area contributed by atoms with Crippen LogP contribution in [0.25, 0.3) is 0 Å². The van der Waals surface area contributed by atoms with Crippen molar-refractivity contribution >= 4 is 29.1 Å². The SMILES string of the molecule is C=C(/C=C\C=C(\Cl)CF)[C@H]1[C@H](C(=O)N[C@H]2C[C@@](C)(O)C2)N[C@@H](CC(C)(C)C)[C@@]12C(=O)Nc1cc(F)ccc12. The highest BCUT2D eigenvalue weighted by atomic mass is 35.5. The van der Waals surface area contributed by atoms with E-state index in [2.05, 4.69) is 43.3 Å². The van der Waals surface area contributed by atoms with Crippen LogP contribution in [-0.4, -0.2) is 47.3 Å². The molecule has 38 heavy (non-hydrogen) atoms. The van der Waals surface area contributed by atoms with Crippen molar-refractivity contribution in [3.63, 3.8) is 0 Å². The molecule has 2 fully saturated rings. The first-order chi connectivity index (χ1) is 17.7. The van der Waals surface area contributed by atoms with Crippen molar-refractivity contribution in [1.29, 1.82) is 0 Å². The smallest absolute Gasteiger partial charge is 0.238 e. The van der Waals surface area contributed by atoms with E-state index in [0.717, 1.165) is 0 Å². The molecular weight excluding hydrogens is 512 g/mol. The van der Waals surface area contributed by atoms with Crippen molar-refractivity contribution in [3.05, 3.63) is 65.0 Å². The van der Waals surface area contributed by atoms with Gasteiger partial charge in [-0.25, -0.2) is 8.78 Å². The topological polar surface area (TPSA) is 90.5 Å². The quantitative estimate of drug-likeness (QED) is 0.374. The first-order valence-electron chi connectivity index (χ1n) is 12.9. The summed E-state index contributed by atoms with van der Waals surface area (Å²) in [5.41, 5.74) is -0.845. The van der Waals surface area contributed by atoms with Gasteiger partial charge in [0.25, 0.3) is 0 Å². The van der Waals surface area contributed by atoms with Crippen LogP contribution in [0.2, 0.25) is 0 Å². The van der Waals surface area contributed by atoms with E-state index in [4.69, 9.17) is 11.6 Å². The van der Waals surface area contributed by atoms with Crippen molar-refractivity contribution < 1.29 is 23.5 Å². The maximum Gasteiger partial charge on any atom is 0.238 e. The van der Waals surface area contributed by atoms with E-state index < -0.39 is 41.5 Å². The fourth-order valence-corrected chi connectivity index (χ4v) is 6.37. The zero-order chi connectivity index (χ0) is 28.0. The fraction of sp³-hybridized carbons (Fsp3) is 0.517. The number of allylic oxidation sites excluding steroid dienone is 4. The summed E-state index contributed by atoms with van der Waals surface area (Å²) in [4.78, 5) is 27.7. The molecule has 9 heteroatoms. The van der Waals surface area contributed by atoms with Crippen LogP contribution in [0.1, 0.15) is 52.5 Å². The third-order valence-electron chi connectivity index (χ3n) is 7.74. The van der Waals surface area contributed by atoms with Gasteiger partial charge in [-0.15, -0.1) is 0 Å². The van der Waals surface area contributed by atoms with Crippen molar-refractivity contribution in [2.75, 3.05) is 12.0 Å². The number of hydrogen-bond donors (Lipinski definition) is 4. The van der Waals surface area contributed by atoms with Gasteiger partial charge in [-0.05, 0) is 60.9 Å². The van der Waals surface area contributed by atoms with Crippen molar-refractivity contribution in [2.24, 2.45) is 11.3 Å². The summed E-state index contributed by atoms with van der Waals surface area (Å²) >= 11 is 5.82. The summed E-state index contributed by atoms with van der Waals surface area (Å²) in [6.07, 6.45) is 5.99. The molecule has 1 saturated heterocycles. The Morgan fingerprint density at radius 1 is 1.34 bits per heavy atom. The Kier molecular flexibility index (Phi) is 7.64. The van der Waals surface area contributed by atoms with Gasteiger partial charge in [0.15, 0.2) is 0 Å². The highest BCUT2D eigenvalue weighted by Gasteiger charge is 2.65. The van der Waals surface area contributed by atoms with Gasteiger partial charge in [0.1, 0.15) is 17.9 Å². The standard InChI is InChI=1S/C29H36ClF2N3O3/c1-16(7-6-8-17(30)15-31)23-24(25(36)33-19-12-28(5,38)13-19)35-22(14-27(2,3)4)29(23)20-10-9-18(32)11-21(20)34-26(29)37/h6-11,19,22-24,35,38H,1,12-15H2,2-5H3,(H,33,36)(H,34,37)/b7-6-,17-8+/t19-,22-,23-,24+,28+,29+/m0/s1. The van der Waals surface area contributed by atoms with Crippen LogP contribution in [0.3, 0.4) is 0 Å². The number of halogens is 3. The van der Waals surface area contributed by atoms with E-state index >= 15 is 0 Å². The van der Waals surface area contributed by atoms with Crippen LogP contribution in [0.4, 0.5) is 14.5 Å². The second kappa shape index (κ2) is 10.2. The lowest BCUT2D eigenvalue weighted by Gasteiger charge is -2.42. The van der Waals surface area contributed by atoms with Crippen molar-refractivity contribution in [1.82, 2.24) is 10.6 Å². The monoisotopic (exact) mass is 547 g/mol. The molecule has 4 N–H and O–H groups in total. The zero-order valence-corrected chi connectivity index (χ0v) is 23.0. The molecule has 1 aliphatic carbocycles. The van der Waals surface area contributed by atoms with Gasteiger partial charge in [-0.3, -0.25) is 9.59 Å². The Labute approximate surface area is 227 Å². The highest BCUT2D eigenvalue weighted by molar-refractivity contribution is 6.29. The maximum absolute atomic E-state index is 14.2. The van der Waals surface area contributed by atoms with E-state index in [9.17, 15) is 23.5 Å². The summed E-state index contributed by atoms with van der Waals surface area (Å²) in [5, 5.41) is 19.5. The van der Waals surface area contributed by atoms with Gasteiger partial charge in [0, 0.05) is 28.7 Å². The Hall–Kier alpha value is -2.55. The number of fused-ring (bicyclic) bond motifs is 2. The minimum atomic E-state index is -1.25. The lowest BCUT2D eigenvalue weighted by Crippen LogP contribution is -2.57. The van der Waals surface area contributed by atoms with E-state index in [0.29, 0.717) is 36.1 Å². The number of anilines is 1. The minimum Gasteiger partial charge on any atom is -0.390 e. The molecule has 0 unspecified atom stereocenters. The largest absolute Gasteiger partial charge is 0.390 e. The Morgan fingerprint density at radius 3 is 2.63 bits per heavy atom. The van der Waals surface area contributed by atoms with E-state index in [1.165, 1.54) is 18.2 Å². The zero-order valence-electron chi connectivity index (χ0n) is 22.2. The molecule has 4 atom stereocenters. The summed E-state index contributed by atoms with van der Waals surface area (Å²) in [6, 6.07) is 2.71. The summed E-state index contributed by atoms with van der Waals surface area (Å²) in [6.45, 7) is 11.3. The van der Waals surface area contributed by atoms with Gasteiger partial charge in [-0.1, -0.05) is 57.2 Å². The fourth-order valence-electron chi connectivity index (χ4n) is 6.29. The molecule has 1 spiro atoms. The predicted octanol–water partition coefficient (Wildman–Crippen LogP) is 4.64. The molecule has 2 amide bonds. The molecule has 0 aromatic heterocycles. The van der Waals surface area contributed by atoms with Crippen LogP contribution in [-0.2, 0) is 15.0 Å². The first-order valence-corrected chi connectivity index (χ1v) is 13.2. The molecule has 0 bridgehead atoms. The lowest BCUT2D eigenvalue weighted by molar-refractivity contribution is -0.127. The second-order valence-electron chi connectivity index (χ2n) is 12.2. The molecule has 1 aromatic carbocycles. The second-order valence-corrected chi connectivity index (χ2v) is 12.7. The number of nitrogens with one attached hydrogen (secondary N) is 3. The van der Waals surface area contributed by atoms with Crippen LogP contribution in [0.5, 0.6) is 0 Å². The normalized spacial score (nSPS) is 32.8. The molecule has 3 aliphatic rings. The number of benzene rings is 1. The van der Waals surface area contributed by atoms with E-state index in [-0.39, 0.29) is 28.3 Å². The third kappa shape index (κ3) is 5.31. The van der Waals surface area contributed by atoms with Gasteiger partial charge in [0.05, 0.1) is 11.6 Å². The first kappa shape index (κ1) is 28.5.